The Morgan fingerprint density at radius 3 is 2.50 bits per heavy atom. The van der Waals surface area contributed by atoms with Gasteiger partial charge in [-0.05, 0) is 24.6 Å². The highest BCUT2D eigenvalue weighted by Crippen LogP contribution is 2.24. The van der Waals surface area contributed by atoms with Gasteiger partial charge in [0.05, 0.1) is 11.1 Å². The first-order chi connectivity index (χ1) is 14.5. The number of benzene rings is 2. The number of imidazole rings is 1. The van der Waals surface area contributed by atoms with Crippen LogP contribution in [0, 0.1) is 6.92 Å². The molecule has 1 atom stereocenters. The normalized spacial score (nSPS) is 14.0. The molecule has 1 aliphatic heterocycles. The zero-order chi connectivity index (χ0) is 21.3. The number of carbonyl (C=O) groups excluding carboxylic acids is 3. The fraction of sp³-hybridized carbons (Fsp3) is 0.217. The summed E-state index contributed by atoms with van der Waals surface area (Å²) in [6, 6.07) is 14.3. The number of carbonyl (C=O) groups is 3. The molecule has 3 amide bonds. The number of hydrogen-bond acceptors (Lipinski definition) is 4. The topological polar surface area (TPSA) is 84.3 Å². The Morgan fingerprint density at radius 2 is 1.80 bits per heavy atom. The number of fused-ring (bicyclic) bond motifs is 1. The summed E-state index contributed by atoms with van der Waals surface area (Å²) in [6.07, 6.45) is 3.51. The molecule has 2 aromatic carbocycles. The summed E-state index contributed by atoms with van der Waals surface area (Å²) in [5.41, 5.74) is 2.60. The van der Waals surface area contributed by atoms with Crippen LogP contribution in [0.25, 0.3) is 0 Å². The fourth-order valence-electron chi connectivity index (χ4n) is 3.65. The third-order valence-corrected chi connectivity index (χ3v) is 5.24. The number of nitrogens with zero attached hydrogens (tertiary/aromatic N) is 3. The molecule has 3 aromatic rings. The van der Waals surface area contributed by atoms with Crippen molar-refractivity contribution in [2.75, 3.05) is 6.54 Å². The number of nitrogens with one attached hydrogen (secondary N) is 1. The first kappa shape index (κ1) is 19.6. The molecule has 0 spiro atoms. The summed E-state index contributed by atoms with van der Waals surface area (Å²) in [4.78, 5) is 43.4. The monoisotopic (exact) mass is 402 g/mol. The van der Waals surface area contributed by atoms with E-state index >= 15 is 0 Å². The Kier molecular flexibility index (Phi) is 5.18. The van der Waals surface area contributed by atoms with Crippen molar-refractivity contribution in [1.82, 2.24) is 19.8 Å². The van der Waals surface area contributed by atoms with Crippen molar-refractivity contribution in [2.24, 2.45) is 7.05 Å². The van der Waals surface area contributed by atoms with Crippen LogP contribution < -0.4 is 5.32 Å². The standard InChI is InChI=1S/C23H22N4O3/c1-15-8-9-17-18(14-15)23(30)27(22(17)29)12-10-19(28)25-20(16-6-4-3-5-7-16)21-24-11-13-26(21)2/h3-9,11,13-14,20H,10,12H2,1-2H3,(H,25,28). The molecule has 0 bridgehead atoms. The van der Waals surface area contributed by atoms with Crippen LogP contribution in [0.15, 0.2) is 60.9 Å². The van der Waals surface area contributed by atoms with Crippen LogP contribution >= 0.6 is 0 Å². The second kappa shape index (κ2) is 7.94. The van der Waals surface area contributed by atoms with Crippen LogP contribution in [0.5, 0.6) is 0 Å². The Morgan fingerprint density at radius 1 is 1.07 bits per heavy atom. The molecule has 152 valence electrons. The van der Waals surface area contributed by atoms with E-state index in [4.69, 9.17) is 0 Å². The first-order valence-corrected chi connectivity index (χ1v) is 9.74. The Balaban J connectivity index is 1.47. The number of rotatable bonds is 6. The van der Waals surface area contributed by atoms with E-state index in [1.54, 1.807) is 24.4 Å². The van der Waals surface area contributed by atoms with Crippen molar-refractivity contribution in [3.63, 3.8) is 0 Å². The lowest BCUT2D eigenvalue weighted by Gasteiger charge is -2.20. The summed E-state index contributed by atoms with van der Waals surface area (Å²) in [6.45, 7) is 1.90. The lowest BCUT2D eigenvalue weighted by atomic mass is 10.1. The molecule has 0 saturated heterocycles. The maximum absolute atomic E-state index is 12.7. The molecule has 7 heteroatoms. The zero-order valence-electron chi connectivity index (χ0n) is 16.8. The van der Waals surface area contributed by atoms with Crippen LogP contribution in [-0.4, -0.2) is 38.7 Å². The number of aromatic nitrogens is 2. The number of aryl methyl sites for hydroxylation is 2. The minimum Gasteiger partial charge on any atom is -0.342 e. The van der Waals surface area contributed by atoms with Gasteiger partial charge in [-0.2, -0.15) is 0 Å². The van der Waals surface area contributed by atoms with Gasteiger partial charge in [-0.15, -0.1) is 0 Å². The molecule has 1 N–H and O–H groups in total. The van der Waals surface area contributed by atoms with E-state index in [2.05, 4.69) is 10.3 Å². The van der Waals surface area contributed by atoms with Crippen LogP contribution in [0.3, 0.4) is 0 Å². The highest BCUT2D eigenvalue weighted by molar-refractivity contribution is 6.21. The molecule has 1 unspecified atom stereocenters. The third-order valence-electron chi connectivity index (χ3n) is 5.24. The van der Waals surface area contributed by atoms with Gasteiger partial charge in [0.25, 0.3) is 11.8 Å². The van der Waals surface area contributed by atoms with Gasteiger partial charge < -0.3 is 9.88 Å². The molecule has 7 nitrogen and oxygen atoms in total. The van der Waals surface area contributed by atoms with E-state index in [1.165, 1.54) is 0 Å². The highest BCUT2D eigenvalue weighted by atomic mass is 16.2. The van der Waals surface area contributed by atoms with Crippen LogP contribution in [-0.2, 0) is 11.8 Å². The van der Waals surface area contributed by atoms with Gasteiger partial charge in [0, 0.05) is 32.4 Å². The highest BCUT2D eigenvalue weighted by Gasteiger charge is 2.35. The average molecular weight is 402 g/mol. The Labute approximate surface area is 174 Å². The zero-order valence-corrected chi connectivity index (χ0v) is 16.8. The van der Waals surface area contributed by atoms with Crippen LogP contribution in [0.4, 0.5) is 0 Å². The van der Waals surface area contributed by atoms with E-state index < -0.39 is 6.04 Å². The molecule has 1 aliphatic rings. The molecule has 0 radical (unpaired) electrons. The lowest BCUT2D eigenvalue weighted by molar-refractivity contribution is -0.121. The van der Waals surface area contributed by atoms with E-state index in [0.717, 1.165) is 16.0 Å². The summed E-state index contributed by atoms with van der Waals surface area (Å²) in [5.74, 6) is -0.271. The molecule has 1 aromatic heterocycles. The van der Waals surface area contributed by atoms with Gasteiger partial charge in [-0.25, -0.2) is 4.98 Å². The minimum atomic E-state index is -0.427. The minimum absolute atomic E-state index is 0.0121. The Bertz CT molecular complexity index is 1120. The number of amides is 3. The summed E-state index contributed by atoms with van der Waals surface area (Å²) >= 11 is 0. The second-order valence-electron chi connectivity index (χ2n) is 7.37. The fourth-order valence-corrected chi connectivity index (χ4v) is 3.65. The molecule has 4 rings (SSSR count). The van der Waals surface area contributed by atoms with E-state index in [9.17, 15) is 14.4 Å². The van der Waals surface area contributed by atoms with E-state index in [1.807, 2.05) is 55.1 Å². The summed E-state index contributed by atoms with van der Waals surface area (Å²) < 4.78 is 1.85. The van der Waals surface area contributed by atoms with Crippen LogP contribution in [0.1, 0.15) is 50.1 Å². The predicted molar refractivity (Wildman–Crippen MR) is 111 cm³/mol. The second-order valence-corrected chi connectivity index (χ2v) is 7.37. The number of imide groups is 1. The molecular weight excluding hydrogens is 380 g/mol. The maximum Gasteiger partial charge on any atom is 0.261 e. The molecular formula is C23H22N4O3. The van der Waals surface area contributed by atoms with Crippen molar-refractivity contribution in [3.8, 4) is 0 Å². The lowest BCUT2D eigenvalue weighted by Crippen LogP contribution is -2.36. The Hall–Kier alpha value is -3.74. The molecule has 2 heterocycles. The predicted octanol–water partition coefficient (Wildman–Crippen LogP) is 2.62. The quantitative estimate of drug-likeness (QED) is 0.643. The molecule has 30 heavy (non-hydrogen) atoms. The van der Waals surface area contributed by atoms with Crippen molar-refractivity contribution < 1.29 is 14.4 Å². The molecule has 0 aliphatic carbocycles. The van der Waals surface area contributed by atoms with Crippen molar-refractivity contribution in [1.29, 1.82) is 0 Å². The maximum atomic E-state index is 12.7. The largest absolute Gasteiger partial charge is 0.342 e. The van der Waals surface area contributed by atoms with Gasteiger partial charge >= 0.3 is 0 Å². The van der Waals surface area contributed by atoms with Gasteiger partial charge in [0.2, 0.25) is 5.91 Å². The van der Waals surface area contributed by atoms with Crippen molar-refractivity contribution in [2.45, 2.75) is 19.4 Å². The SMILES string of the molecule is Cc1ccc2c(c1)C(=O)N(CCC(=O)NC(c1ccccc1)c1nccn1C)C2=O. The summed E-state index contributed by atoms with van der Waals surface area (Å²) in [7, 11) is 1.87. The van der Waals surface area contributed by atoms with Gasteiger partial charge in [0.1, 0.15) is 11.9 Å². The molecule has 0 fully saturated rings. The van der Waals surface area contributed by atoms with Gasteiger partial charge in [-0.1, -0.05) is 42.0 Å². The average Bonchev–Trinajstić information content (AvgIpc) is 3.26. The van der Waals surface area contributed by atoms with Gasteiger partial charge in [-0.3, -0.25) is 19.3 Å². The molecule has 0 saturated carbocycles. The van der Waals surface area contributed by atoms with Crippen molar-refractivity contribution in [3.05, 3.63) is 89.0 Å². The first-order valence-electron chi connectivity index (χ1n) is 9.74. The summed E-state index contributed by atoms with van der Waals surface area (Å²) in [5, 5.41) is 2.99. The smallest absolute Gasteiger partial charge is 0.261 e. The third kappa shape index (κ3) is 3.61. The van der Waals surface area contributed by atoms with E-state index in [-0.39, 0.29) is 30.7 Å². The number of hydrogen-bond donors (Lipinski definition) is 1. The van der Waals surface area contributed by atoms with Crippen molar-refractivity contribution >= 4 is 17.7 Å². The van der Waals surface area contributed by atoms with Crippen LogP contribution in [0.2, 0.25) is 0 Å². The van der Waals surface area contributed by atoms with Gasteiger partial charge in [0.15, 0.2) is 0 Å². The van der Waals surface area contributed by atoms with E-state index in [0.29, 0.717) is 17.0 Å².